The van der Waals surface area contributed by atoms with Gasteiger partial charge in [-0.05, 0) is 0 Å². The Morgan fingerprint density at radius 1 is 0.897 bits per heavy atom. The molecule has 0 spiro atoms. The molecule has 0 saturated carbocycles. The molecule has 147 valence electrons. The zero-order valence-electron chi connectivity index (χ0n) is 17.0. The van der Waals surface area contributed by atoms with Crippen molar-refractivity contribution in [3.05, 3.63) is 89.0 Å². The van der Waals surface area contributed by atoms with Crippen molar-refractivity contribution in [3.8, 4) is 22.3 Å². The minimum atomic E-state index is -2.52. The molecule has 3 aromatic rings. The monoisotopic (exact) mass is 497 g/mol. The fourth-order valence-electron chi connectivity index (χ4n) is 4.42. The standard InChI is InChI=1S/C26H25.2ClH.Zr/c1-4-18(2)22-16-21-15-14-19(3)26(25(21)17-22)24-13-9-8-12-23(24)20-10-6-5-7-11-20;;;/h5-18H,4H2,1-3H3;2*1H;/q;;;+2/p-2. The van der Waals surface area contributed by atoms with Crippen molar-refractivity contribution in [2.24, 2.45) is 5.92 Å². The second-order valence-corrected chi connectivity index (χ2v) is 16.7. The summed E-state index contributed by atoms with van der Waals surface area (Å²) >= 11 is -2.52. The van der Waals surface area contributed by atoms with Crippen LogP contribution in [-0.4, -0.2) is 0 Å². The van der Waals surface area contributed by atoms with E-state index >= 15 is 0 Å². The Morgan fingerprint density at radius 3 is 2.21 bits per heavy atom. The summed E-state index contributed by atoms with van der Waals surface area (Å²) in [6.07, 6.45) is 3.51. The summed E-state index contributed by atoms with van der Waals surface area (Å²) in [5, 5.41) is 0. The van der Waals surface area contributed by atoms with E-state index in [4.69, 9.17) is 17.0 Å². The molecule has 1 aliphatic rings. The van der Waals surface area contributed by atoms with Crippen molar-refractivity contribution in [1.29, 1.82) is 0 Å². The van der Waals surface area contributed by atoms with E-state index in [0.717, 1.165) is 6.42 Å². The van der Waals surface area contributed by atoms with E-state index in [1.54, 1.807) is 0 Å². The first kappa shape index (κ1) is 21.1. The fourth-order valence-corrected chi connectivity index (χ4v) is 10.0. The van der Waals surface area contributed by atoms with Crippen molar-refractivity contribution in [3.63, 3.8) is 0 Å². The number of rotatable bonds is 5. The van der Waals surface area contributed by atoms with Crippen LogP contribution in [0, 0.1) is 12.8 Å². The van der Waals surface area contributed by atoms with E-state index in [-0.39, 0.29) is 3.63 Å². The number of hydrogen-bond donors (Lipinski definition) is 0. The van der Waals surface area contributed by atoms with E-state index in [9.17, 15) is 0 Å². The van der Waals surface area contributed by atoms with Gasteiger partial charge in [0.15, 0.2) is 0 Å². The topological polar surface area (TPSA) is 0 Å². The molecular formula is C26H25Cl2Zr. The van der Waals surface area contributed by atoms with Gasteiger partial charge in [-0.1, -0.05) is 0 Å². The molecule has 0 radical (unpaired) electrons. The Morgan fingerprint density at radius 2 is 1.55 bits per heavy atom. The molecule has 29 heavy (non-hydrogen) atoms. The van der Waals surface area contributed by atoms with E-state index in [0.29, 0.717) is 5.92 Å². The maximum absolute atomic E-state index is 6.69. The molecule has 0 bridgehead atoms. The third-order valence-corrected chi connectivity index (χ3v) is 11.4. The molecule has 0 saturated heterocycles. The normalized spacial score (nSPS) is 16.3. The molecule has 0 N–H and O–H groups in total. The number of aryl methyl sites for hydroxylation is 1. The van der Waals surface area contributed by atoms with Crippen molar-refractivity contribution in [1.82, 2.24) is 0 Å². The fraction of sp³-hybridized carbons (Fsp3) is 0.231. The van der Waals surface area contributed by atoms with Crippen LogP contribution in [0.1, 0.15) is 40.6 Å². The SMILES string of the molecule is CCC(C)C1=Cc2c(ccc(C)c2-c2ccccc2-c2ccccc2)[CH]1[Zr]([Cl])[Cl]. The van der Waals surface area contributed by atoms with E-state index in [2.05, 4.69) is 93.6 Å². The molecule has 3 aromatic carbocycles. The molecule has 0 amide bonds. The average Bonchev–Trinajstić information content (AvgIpc) is 3.13. The van der Waals surface area contributed by atoms with Crippen LogP contribution in [-0.2, 0) is 19.4 Å². The van der Waals surface area contributed by atoms with Crippen LogP contribution >= 0.6 is 17.0 Å². The summed E-state index contributed by atoms with van der Waals surface area (Å²) in [6.45, 7) is 6.76. The van der Waals surface area contributed by atoms with Gasteiger partial charge in [0.25, 0.3) is 0 Å². The predicted octanol–water partition coefficient (Wildman–Crippen LogP) is 8.74. The predicted molar refractivity (Wildman–Crippen MR) is 124 cm³/mol. The summed E-state index contributed by atoms with van der Waals surface area (Å²) in [5.74, 6) is 0.498. The summed E-state index contributed by atoms with van der Waals surface area (Å²) in [5.41, 5.74) is 10.5. The first-order valence-electron chi connectivity index (χ1n) is 10.2. The van der Waals surface area contributed by atoms with Gasteiger partial charge in [0.05, 0.1) is 0 Å². The Balaban J connectivity index is 1.97. The van der Waals surface area contributed by atoms with Gasteiger partial charge in [-0.2, -0.15) is 0 Å². The van der Waals surface area contributed by atoms with Crippen LogP contribution in [0.3, 0.4) is 0 Å². The zero-order chi connectivity index (χ0) is 20.5. The van der Waals surface area contributed by atoms with Crippen molar-refractivity contribution in [2.45, 2.75) is 30.8 Å². The maximum atomic E-state index is 6.69. The Kier molecular flexibility index (Phi) is 6.50. The molecule has 0 heterocycles. The minimum absolute atomic E-state index is 0.258. The number of benzene rings is 3. The Hall–Kier alpha value is -1.14. The number of allylic oxidation sites excluding steroid dienone is 1. The van der Waals surface area contributed by atoms with Gasteiger partial charge in [0.1, 0.15) is 0 Å². The molecule has 2 atom stereocenters. The van der Waals surface area contributed by atoms with E-state index < -0.39 is 19.4 Å². The molecule has 0 fully saturated rings. The van der Waals surface area contributed by atoms with Gasteiger partial charge in [-0.25, -0.2) is 0 Å². The first-order chi connectivity index (χ1) is 14.0. The second kappa shape index (κ2) is 8.93. The van der Waals surface area contributed by atoms with Gasteiger partial charge >= 0.3 is 190 Å². The Bertz CT molecular complexity index is 1050. The van der Waals surface area contributed by atoms with Crippen molar-refractivity contribution < 1.29 is 19.4 Å². The third-order valence-electron chi connectivity index (χ3n) is 6.12. The third kappa shape index (κ3) is 3.95. The van der Waals surface area contributed by atoms with Gasteiger partial charge < -0.3 is 0 Å². The molecule has 0 aromatic heterocycles. The summed E-state index contributed by atoms with van der Waals surface area (Å²) in [7, 11) is 13.4. The summed E-state index contributed by atoms with van der Waals surface area (Å²) in [6, 6.07) is 23.9. The number of halogens is 2. The molecule has 0 aliphatic heterocycles. The van der Waals surface area contributed by atoms with Crippen LogP contribution in [0.25, 0.3) is 28.3 Å². The van der Waals surface area contributed by atoms with Gasteiger partial charge in [0.2, 0.25) is 0 Å². The average molecular weight is 500 g/mol. The summed E-state index contributed by atoms with van der Waals surface area (Å²) in [4.78, 5) is 0. The van der Waals surface area contributed by atoms with Crippen LogP contribution in [0.4, 0.5) is 0 Å². The van der Waals surface area contributed by atoms with Crippen LogP contribution in [0.5, 0.6) is 0 Å². The van der Waals surface area contributed by atoms with Crippen molar-refractivity contribution in [2.75, 3.05) is 0 Å². The molecule has 3 heteroatoms. The summed E-state index contributed by atoms with van der Waals surface area (Å²) < 4.78 is 0.258. The Labute approximate surface area is 189 Å². The molecule has 4 rings (SSSR count). The van der Waals surface area contributed by atoms with Crippen LogP contribution in [0.2, 0.25) is 0 Å². The second-order valence-electron chi connectivity index (χ2n) is 7.85. The van der Waals surface area contributed by atoms with Gasteiger partial charge in [0, 0.05) is 0 Å². The molecule has 2 unspecified atom stereocenters. The number of hydrogen-bond acceptors (Lipinski definition) is 0. The van der Waals surface area contributed by atoms with Gasteiger partial charge in [-0.3, -0.25) is 0 Å². The van der Waals surface area contributed by atoms with Crippen LogP contribution in [0.15, 0.2) is 72.3 Å². The van der Waals surface area contributed by atoms with Crippen molar-refractivity contribution >= 4 is 23.1 Å². The molecule has 1 aliphatic carbocycles. The van der Waals surface area contributed by atoms with E-state index in [1.807, 2.05) is 0 Å². The molecular weight excluding hydrogens is 474 g/mol. The van der Waals surface area contributed by atoms with Gasteiger partial charge in [-0.15, -0.1) is 0 Å². The zero-order valence-corrected chi connectivity index (χ0v) is 21.0. The van der Waals surface area contributed by atoms with E-state index in [1.165, 1.54) is 44.5 Å². The number of fused-ring (bicyclic) bond motifs is 1. The van der Waals surface area contributed by atoms with Crippen LogP contribution < -0.4 is 0 Å². The molecule has 0 nitrogen and oxygen atoms in total. The quantitative estimate of drug-likeness (QED) is 0.329. The first-order valence-corrected chi connectivity index (χ1v) is 18.0.